The van der Waals surface area contributed by atoms with E-state index in [0.717, 1.165) is 33.5 Å². The molecule has 0 spiro atoms. The van der Waals surface area contributed by atoms with Gasteiger partial charge in [0.05, 0.1) is 15.8 Å². The summed E-state index contributed by atoms with van der Waals surface area (Å²) in [7, 11) is 0. The Labute approximate surface area is 159 Å². The molecular weight excluding hydrogens is 429 g/mol. The Morgan fingerprint density at radius 3 is 2.50 bits per heavy atom. The van der Waals surface area contributed by atoms with Crippen molar-refractivity contribution >= 4 is 43.1 Å². The predicted octanol–water partition coefficient (Wildman–Crippen LogP) is 6.11. The number of allylic oxidation sites excluding steroid dienone is 2. The number of fused-ring (bicyclic) bond motifs is 1. The Morgan fingerprint density at radius 1 is 1.19 bits per heavy atom. The number of nitrogens with zero attached hydrogens (tertiary/aromatic N) is 2. The van der Waals surface area contributed by atoms with Crippen LogP contribution < -0.4 is 0 Å². The van der Waals surface area contributed by atoms with E-state index in [2.05, 4.69) is 20.9 Å². The fraction of sp³-hybridized carbons (Fsp3) is 0.111. The largest absolute Gasteiger partial charge is 0.510 e. The Hall–Kier alpha value is -2.37. The molecule has 3 nitrogen and oxygen atoms in total. The number of aliphatic hydroxyl groups is 1. The molecule has 0 unspecified atom stereocenters. The minimum absolute atomic E-state index is 0.0392. The molecular formula is C18H10BrF3N2OS. The Bertz CT molecular complexity index is 1030. The number of aliphatic hydroxyl groups excluding tert-OH is 1. The van der Waals surface area contributed by atoms with Gasteiger partial charge in [-0.25, -0.2) is 4.98 Å². The third-order valence-corrected chi connectivity index (χ3v) is 5.20. The van der Waals surface area contributed by atoms with Crippen molar-refractivity contribution < 1.29 is 18.3 Å². The highest BCUT2D eigenvalue weighted by Gasteiger charge is 2.31. The predicted molar refractivity (Wildman–Crippen MR) is 97.6 cm³/mol. The molecule has 0 bridgehead atoms. The zero-order valence-corrected chi connectivity index (χ0v) is 15.4. The molecule has 3 rings (SSSR count). The van der Waals surface area contributed by atoms with Crippen molar-refractivity contribution in [1.29, 1.82) is 5.26 Å². The summed E-state index contributed by atoms with van der Waals surface area (Å²) in [6.07, 6.45) is -4.34. The summed E-state index contributed by atoms with van der Waals surface area (Å²) < 4.78 is 39.8. The first kappa shape index (κ1) is 18.4. The first-order valence-electron chi connectivity index (χ1n) is 7.33. The monoisotopic (exact) mass is 438 g/mol. The smallest absolute Gasteiger partial charge is 0.416 e. The normalized spacial score (nSPS) is 12.7. The molecule has 0 saturated heterocycles. The Balaban J connectivity index is 1.99. The van der Waals surface area contributed by atoms with Gasteiger partial charge in [-0.2, -0.15) is 18.4 Å². The van der Waals surface area contributed by atoms with Gasteiger partial charge >= 0.3 is 6.18 Å². The maximum absolute atomic E-state index is 12.8. The van der Waals surface area contributed by atoms with Crippen LogP contribution >= 0.6 is 27.3 Å². The maximum Gasteiger partial charge on any atom is 0.416 e. The zero-order valence-electron chi connectivity index (χ0n) is 13.0. The molecule has 1 N–H and O–H groups in total. The first-order chi connectivity index (χ1) is 12.3. The minimum atomic E-state index is -4.46. The molecule has 0 radical (unpaired) electrons. The van der Waals surface area contributed by atoms with E-state index < -0.39 is 11.7 Å². The quantitative estimate of drug-likeness (QED) is 0.396. The molecule has 26 heavy (non-hydrogen) atoms. The van der Waals surface area contributed by atoms with Crippen molar-refractivity contribution in [3.8, 4) is 6.07 Å². The molecule has 3 aromatic rings. The van der Waals surface area contributed by atoms with Gasteiger partial charge in [-0.3, -0.25) is 0 Å². The fourth-order valence-electron chi connectivity index (χ4n) is 2.33. The lowest BCUT2D eigenvalue weighted by Crippen LogP contribution is -2.03. The molecule has 1 aromatic heterocycles. The number of benzene rings is 2. The summed E-state index contributed by atoms with van der Waals surface area (Å²) >= 11 is 4.38. The second-order valence-corrected chi connectivity index (χ2v) is 7.38. The van der Waals surface area contributed by atoms with Gasteiger partial charge in [0.1, 0.15) is 22.4 Å². The van der Waals surface area contributed by atoms with Gasteiger partial charge in [-0.1, -0.05) is 28.1 Å². The van der Waals surface area contributed by atoms with Gasteiger partial charge in [0.25, 0.3) is 0 Å². The average molecular weight is 439 g/mol. The Morgan fingerprint density at radius 2 is 1.88 bits per heavy atom. The van der Waals surface area contributed by atoms with Crippen LogP contribution in [0.25, 0.3) is 15.8 Å². The number of rotatable bonds is 3. The summed E-state index contributed by atoms with van der Waals surface area (Å²) in [6.45, 7) is 0. The van der Waals surface area contributed by atoms with E-state index in [1.807, 2.05) is 18.2 Å². The number of alkyl halides is 3. The molecule has 0 atom stereocenters. The molecule has 0 aliphatic carbocycles. The lowest BCUT2D eigenvalue weighted by molar-refractivity contribution is -0.137. The van der Waals surface area contributed by atoms with Gasteiger partial charge < -0.3 is 5.11 Å². The van der Waals surface area contributed by atoms with E-state index >= 15 is 0 Å². The van der Waals surface area contributed by atoms with Crippen LogP contribution in [0.1, 0.15) is 16.1 Å². The van der Waals surface area contributed by atoms with Gasteiger partial charge in [-0.15, -0.1) is 11.3 Å². The second-order valence-electron chi connectivity index (χ2n) is 5.44. The van der Waals surface area contributed by atoms with Crippen molar-refractivity contribution in [3.63, 3.8) is 0 Å². The van der Waals surface area contributed by atoms with Crippen LogP contribution in [0.4, 0.5) is 13.2 Å². The zero-order chi connectivity index (χ0) is 18.9. The molecule has 132 valence electrons. The Kier molecular flexibility index (Phi) is 5.03. The van der Waals surface area contributed by atoms with Crippen molar-refractivity contribution in [2.24, 2.45) is 0 Å². The number of nitriles is 1. The van der Waals surface area contributed by atoms with Crippen molar-refractivity contribution in [3.05, 3.63) is 68.8 Å². The number of aromatic nitrogens is 1. The van der Waals surface area contributed by atoms with Crippen LogP contribution in [0.5, 0.6) is 0 Å². The van der Waals surface area contributed by atoms with E-state index in [0.29, 0.717) is 4.70 Å². The summed E-state index contributed by atoms with van der Waals surface area (Å²) in [5, 5.41) is 19.9. The maximum atomic E-state index is 12.8. The molecule has 1 heterocycles. The lowest BCUT2D eigenvalue weighted by Gasteiger charge is -2.04. The highest BCUT2D eigenvalue weighted by molar-refractivity contribution is 9.10. The van der Waals surface area contributed by atoms with Crippen LogP contribution in [-0.4, -0.2) is 10.1 Å². The summed E-state index contributed by atoms with van der Waals surface area (Å²) in [4.78, 5) is 4.11. The van der Waals surface area contributed by atoms with Gasteiger partial charge in [0.2, 0.25) is 0 Å². The average Bonchev–Trinajstić information content (AvgIpc) is 2.99. The van der Waals surface area contributed by atoms with Gasteiger partial charge in [-0.05, 0) is 35.9 Å². The number of hydrogen-bond donors (Lipinski definition) is 1. The van der Waals surface area contributed by atoms with Gasteiger partial charge in [0, 0.05) is 10.9 Å². The fourth-order valence-corrected chi connectivity index (χ4v) is 3.56. The van der Waals surface area contributed by atoms with Crippen LogP contribution in [0.2, 0.25) is 0 Å². The number of hydrogen-bond acceptors (Lipinski definition) is 4. The highest BCUT2D eigenvalue weighted by Crippen LogP contribution is 2.34. The molecule has 0 fully saturated rings. The topological polar surface area (TPSA) is 56.9 Å². The standard InChI is InChI=1S/C18H10BrF3N2OS/c19-12-4-1-10(2-5-12)7-15(25)13(9-23)17-24-14-8-11(18(20,21)22)3-6-16(14)26-17/h1-6,8,25H,7H2. The van der Waals surface area contributed by atoms with Crippen molar-refractivity contribution in [2.45, 2.75) is 12.6 Å². The van der Waals surface area contributed by atoms with Crippen molar-refractivity contribution in [2.75, 3.05) is 0 Å². The summed E-state index contributed by atoms with van der Waals surface area (Å²) in [5.74, 6) is -0.176. The molecule has 0 aliphatic heterocycles. The number of halogens is 4. The van der Waals surface area contributed by atoms with E-state index in [-0.39, 0.29) is 28.3 Å². The molecule has 0 amide bonds. The van der Waals surface area contributed by atoms with Crippen LogP contribution in [0.3, 0.4) is 0 Å². The lowest BCUT2D eigenvalue weighted by atomic mass is 10.1. The van der Waals surface area contributed by atoms with Crippen LogP contribution in [0, 0.1) is 11.3 Å². The number of thiazole rings is 1. The third-order valence-electron chi connectivity index (χ3n) is 3.61. The van der Waals surface area contributed by atoms with E-state index in [4.69, 9.17) is 0 Å². The first-order valence-corrected chi connectivity index (χ1v) is 8.93. The van der Waals surface area contributed by atoms with Crippen LogP contribution in [0.15, 0.2) is 52.7 Å². The van der Waals surface area contributed by atoms with Crippen molar-refractivity contribution in [1.82, 2.24) is 4.98 Å². The summed E-state index contributed by atoms with van der Waals surface area (Å²) in [5.41, 5.74) is 0.0917. The molecule has 0 saturated carbocycles. The minimum Gasteiger partial charge on any atom is -0.510 e. The summed E-state index contributed by atoms with van der Waals surface area (Å²) in [6, 6.07) is 12.3. The molecule has 8 heteroatoms. The van der Waals surface area contributed by atoms with Crippen LogP contribution in [-0.2, 0) is 12.6 Å². The van der Waals surface area contributed by atoms with E-state index in [1.54, 1.807) is 12.1 Å². The molecule has 0 aliphatic rings. The van der Waals surface area contributed by atoms with E-state index in [9.17, 15) is 23.5 Å². The molecule has 2 aromatic carbocycles. The highest BCUT2D eigenvalue weighted by atomic mass is 79.9. The third kappa shape index (κ3) is 3.89. The SMILES string of the molecule is N#CC(=C(O)Cc1ccc(Br)cc1)c1nc2cc(C(F)(F)F)ccc2s1. The van der Waals surface area contributed by atoms with Gasteiger partial charge in [0.15, 0.2) is 0 Å². The second kappa shape index (κ2) is 7.09. The van der Waals surface area contributed by atoms with E-state index in [1.165, 1.54) is 6.07 Å².